The molecule has 0 radical (unpaired) electrons. The average molecular weight is 374 g/mol. The van der Waals surface area contributed by atoms with Crippen LogP contribution in [0.25, 0.3) is 0 Å². The molecule has 1 aromatic carbocycles. The van der Waals surface area contributed by atoms with Crippen molar-refractivity contribution in [3.63, 3.8) is 0 Å². The molecule has 9 heteroatoms. The first-order chi connectivity index (χ1) is 11.7. The topological polar surface area (TPSA) is 91.3 Å². The number of hydrogen-bond acceptors (Lipinski definition) is 5. The van der Waals surface area contributed by atoms with E-state index in [1.54, 1.807) is 19.1 Å². The Balaban J connectivity index is 2.97. The second kappa shape index (κ2) is 9.12. The van der Waals surface area contributed by atoms with Crippen LogP contribution in [-0.2, 0) is 9.53 Å². The quantitative estimate of drug-likeness (QED) is 0.296. The largest absolute Gasteiger partial charge is 0.465 e. The summed E-state index contributed by atoms with van der Waals surface area (Å²) in [5.74, 6) is -1.41. The number of methoxy groups -OCH3 is 1. The predicted octanol–water partition coefficient (Wildman–Crippen LogP) is 2.61. The Labute approximate surface area is 148 Å². The molecule has 3 N–H and O–H groups in total. The number of ether oxygens (including phenoxy) is 1. The number of nitrogens with one attached hydrogen (secondary N) is 3. The van der Waals surface area contributed by atoms with E-state index in [1.807, 2.05) is 0 Å². The summed E-state index contributed by atoms with van der Waals surface area (Å²) in [4.78, 5) is 23.6. The molecular weight excluding hydrogens is 356 g/mol. The van der Waals surface area contributed by atoms with Crippen molar-refractivity contribution in [1.82, 2.24) is 10.6 Å². The van der Waals surface area contributed by atoms with Gasteiger partial charge in [0.2, 0.25) is 0 Å². The maximum absolute atomic E-state index is 12.8. The maximum Gasteiger partial charge on any atom is 0.337 e. The van der Waals surface area contributed by atoms with E-state index in [0.29, 0.717) is 11.1 Å². The molecule has 0 unspecified atom stereocenters. The molecule has 0 saturated heterocycles. The van der Waals surface area contributed by atoms with Gasteiger partial charge in [0.05, 0.1) is 18.7 Å². The zero-order valence-electron chi connectivity index (χ0n) is 13.8. The number of hydrogen-bond donors (Lipinski definition) is 3. The number of esters is 1. The third-order valence-corrected chi connectivity index (χ3v) is 3.71. The van der Waals surface area contributed by atoms with Crippen molar-refractivity contribution in [2.24, 2.45) is 0 Å². The van der Waals surface area contributed by atoms with Gasteiger partial charge in [0.25, 0.3) is 12.3 Å². The highest BCUT2D eigenvalue weighted by atomic mass is 35.5. The predicted molar refractivity (Wildman–Crippen MR) is 90.0 cm³/mol. The molecule has 1 atom stereocenters. The van der Waals surface area contributed by atoms with Crippen molar-refractivity contribution < 1.29 is 23.1 Å². The van der Waals surface area contributed by atoms with Crippen molar-refractivity contribution in [2.75, 3.05) is 14.2 Å². The number of rotatable bonds is 7. The van der Waals surface area contributed by atoms with Gasteiger partial charge in [-0.3, -0.25) is 10.2 Å². The summed E-state index contributed by atoms with van der Waals surface area (Å²) in [5, 5.41) is 11.9. The number of alkyl halides is 2. The van der Waals surface area contributed by atoms with Gasteiger partial charge >= 0.3 is 5.97 Å². The number of carbonyl (C=O) groups excluding carboxylic acids is 2. The van der Waals surface area contributed by atoms with Gasteiger partial charge < -0.3 is 15.4 Å². The molecule has 1 rings (SSSR count). The highest BCUT2D eigenvalue weighted by molar-refractivity contribution is 6.37. The average Bonchev–Trinajstić information content (AvgIpc) is 2.60. The molecule has 0 bridgehead atoms. The molecule has 0 saturated carbocycles. The number of halogens is 3. The van der Waals surface area contributed by atoms with E-state index >= 15 is 0 Å². The van der Waals surface area contributed by atoms with Crippen LogP contribution in [0, 0.1) is 5.41 Å². The van der Waals surface area contributed by atoms with Crippen LogP contribution in [0.2, 0.25) is 0 Å². The van der Waals surface area contributed by atoms with Crippen LogP contribution in [0.5, 0.6) is 0 Å². The van der Waals surface area contributed by atoms with Crippen LogP contribution in [0.4, 0.5) is 8.78 Å². The standard InChI is InChI=1S/C16H18ClF2N3O3/c1-8(9-4-6-10(7-5-9)16(24)25-3)22-15(23)11(13(17)21-2)12(20)14(18)19/h4-8,14,20-21H,1-3H3,(H,22,23)/b13-11+,20-12?/t8-/m0/s1. The first-order valence-electron chi connectivity index (χ1n) is 7.16. The molecule has 1 amide bonds. The molecule has 6 nitrogen and oxygen atoms in total. The van der Waals surface area contributed by atoms with Gasteiger partial charge in [-0.2, -0.15) is 0 Å². The van der Waals surface area contributed by atoms with E-state index in [9.17, 15) is 18.4 Å². The summed E-state index contributed by atoms with van der Waals surface area (Å²) < 4.78 is 30.2. The van der Waals surface area contributed by atoms with Crippen molar-refractivity contribution in [2.45, 2.75) is 19.4 Å². The van der Waals surface area contributed by atoms with Crippen LogP contribution in [-0.4, -0.2) is 38.2 Å². The lowest BCUT2D eigenvalue weighted by Crippen LogP contribution is -2.34. The molecule has 0 aromatic heterocycles. The minimum absolute atomic E-state index is 0.336. The van der Waals surface area contributed by atoms with E-state index in [0.717, 1.165) is 0 Å². The van der Waals surface area contributed by atoms with Crippen LogP contribution in [0.15, 0.2) is 35.0 Å². The zero-order valence-corrected chi connectivity index (χ0v) is 14.6. The molecule has 0 aliphatic heterocycles. The van der Waals surface area contributed by atoms with Crippen molar-refractivity contribution >= 4 is 29.2 Å². The molecule has 0 spiro atoms. The fraction of sp³-hybridized carbons (Fsp3) is 0.312. The number of amides is 1. The second-order valence-electron chi connectivity index (χ2n) is 4.96. The van der Waals surface area contributed by atoms with E-state index in [1.165, 1.54) is 26.3 Å². The summed E-state index contributed by atoms with van der Waals surface area (Å²) in [6, 6.07) is 5.66. The SMILES string of the molecule is CN/C(Cl)=C(\C(=N)C(F)F)C(=O)N[C@@H](C)c1ccc(C(=O)OC)cc1. The Morgan fingerprint density at radius 2 is 1.80 bits per heavy atom. The normalized spacial score (nSPS) is 12.9. The lowest BCUT2D eigenvalue weighted by molar-refractivity contribution is -0.117. The van der Waals surface area contributed by atoms with E-state index in [-0.39, 0.29) is 5.16 Å². The number of carbonyl (C=O) groups is 2. The van der Waals surface area contributed by atoms with Crippen molar-refractivity contribution in [3.8, 4) is 0 Å². The van der Waals surface area contributed by atoms with E-state index < -0.39 is 35.6 Å². The molecule has 0 aliphatic rings. The van der Waals surface area contributed by atoms with Gasteiger partial charge in [-0.15, -0.1) is 0 Å². The summed E-state index contributed by atoms with van der Waals surface area (Å²) in [6.45, 7) is 1.63. The first-order valence-corrected chi connectivity index (χ1v) is 7.54. The lowest BCUT2D eigenvalue weighted by atomic mass is 10.0. The van der Waals surface area contributed by atoms with Gasteiger partial charge in [0.15, 0.2) is 0 Å². The van der Waals surface area contributed by atoms with Crippen LogP contribution in [0.3, 0.4) is 0 Å². The molecule has 0 aliphatic carbocycles. The highest BCUT2D eigenvalue weighted by Gasteiger charge is 2.26. The van der Waals surface area contributed by atoms with Crippen LogP contribution >= 0.6 is 11.6 Å². The van der Waals surface area contributed by atoms with Crippen LogP contribution < -0.4 is 10.6 Å². The smallest absolute Gasteiger partial charge is 0.337 e. The minimum Gasteiger partial charge on any atom is -0.465 e. The monoisotopic (exact) mass is 373 g/mol. The molecule has 0 heterocycles. The van der Waals surface area contributed by atoms with Crippen molar-refractivity contribution in [3.05, 3.63) is 46.1 Å². The Hall–Kier alpha value is -2.48. The molecule has 1 aromatic rings. The molecular formula is C16H18ClF2N3O3. The van der Waals surface area contributed by atoms with Crippen molar-refractivity contribution in [1.29, 1.82) is 5.41 Å². The van der Waals surface area contributed by atoms with Gasteiger partial charge in [0.1, 0.15) is 16.4 Å². The van der Waals surface area contributed by atoms with E-state index in [4.69, 9.17) is 17.0 Å². The fourth-order valence-corrected chi connectivity index (χ4v) is 2.14. The zero-order chi connectivity index (χ0) is 19.1. The Morgan fingerprint density at radius 3 is 2.24 bits per heavy atom. The van der Waals surface area contributed by atoms with E-state index in [2.05, 4.69) is 15.4 Å². The summed E-state index contributed by atoms with van der Waals surface area (Å²) in [6.07, 6.45) is -3.14. The second-order valence-corrected chi connectivity index (χ2v) is 5.34. The molecule has 25 heavy (non-hydrogen) atoms. The summed E-state index contributed by atoms with van der Waals surface area (Å²) in [7, 11) is 2.61. The summed E-state index contributed by atoms with van der Waals surface area (Å²) in [5.41, 5.74) is -0.838. The minimum atomic E-state index is -3.14. The Bertz CT molecular complexity index is 690. The van der Waals surface area contributed by atoms with Gasteiger partial charge in [-0.1, -0.05) is 23.7 Å². The first kappa shape index (κ1) is 20.6. The Morgan fingerprint density at radius 1 is 1.24 bits per heavy atom. The maximum atomic E-state index is 12.8. The van der Waals surface area contributed by atoms with Gasteiger partial charge in [-0.05, 0) is 24.6 Å². The summed E-state index contributed by atoms with van der Waals surface area (Å²) >= 11 is 5.75. The highest BCUT2D eigenvalue weighted by Crippen LogP contribution is 2.18. The third-order valence-electron chi connectivity index (χ3n) is 3.33. The van der Waals surface area contributed by atoms with Gasteiger partial charge in [-0.25, -0.2) is 13.6 Å². The van der Waals surface area contributed by atoms with Gasteiger partial charge in [0, 0.05) is 7.05 Å². The molecule has 0 fully saturated rings. The van der Waals surface area contributed by atoms with Crippen LogP contribution in [0.1, 0.15) is 28.9 Å². The Kier molecular flexibility index (Phi) is 7.50. The third kappa shape index (κ3) is 5.25. The lowest BCUT2D eigenvalue weighted by Gasteiger charge is -2.17. The molecule has 136 valence electrons. The fourth-order valence-electron chi connectivity index (χ4n) is 1.95. The number of benzene rings is 1.